The summed E-state index contributed by atoms with van der Waals surface area (Å²) in [5.41, 5.74) is 1.32. The van der Waals surface area contributed by atoms with Gasteiger partial charge in [-0.2, -0.15) is 0 Å². The number of fused-ring (bicyclic) bond motifs is 1. The Bertz CT molecular complexity index is 403. The Kier molecular flexibility index (Phi) is 4.59. The monoisotopic (exact) mass is 243 g/mol. The van der Waals surface area contributed by atoms with Crippen molar-refractivity contribution < 1.29 is 4.74 Å². The lowest BCUT2D eigenvalue weighted by Crippen LogP contribution is -2.35. The second kappa shape index (κ2) is 6.41. The molecule has 1 atom stereocenters. The smallest absolute Gasteiger partial charge is 0.122 e. The average molecular weight is 243 g/mol. The zero-order valence-electron chi connectivity index (χ0n) is 10.8. The number of rotatable bonds is 6. The number of nitrogens with zero attached hydrogens (tertiary/aromatic N) is 1. The van der Waals surface area contributed by atoms with Crippen LogP contribution < -0.4 is 4.74 Å². The van der Waals surface area contributed by atoms with E-state index in [2.05, 4.69) is 36.3 Å². The van der Waals surface area contributed by atoms with Gasteiger partial charge in [-0.1, -0.05) is 30.4 Å². The van der Waals surface area contributed by atoms with Crippen LogP contribution in [0.3, 0.4) is 0 Å². The standard InChI is InChI=1S/C16H21NO/c1-3-9-17(10-4-2)12-14-11-15-7-5-6-8-16(15)18-13-14/h3-8,14H,1-2,9-13H2/t14-/m1/s1. The van der Waals surface area contributed by atoms with Crippen molar-refractivity contribution in [2.75, 3.05) is 26.2 Å². The minimum absolute atomic E-state index is 0.555. The van der Waals surface area contributed by atoms with Gasteiger partial charge in [-0.15, -0.1) is 13.2 Å². The van der Waals surface area contributed by atoms with Crippen molar-refractivity contribution in [2.45, 2.75) is 6.42 Å². The van der Waals surface area contributed by atoms with E-state index in [1.807, 2.05) is 18.2 Å². The molecule has 0 fully saturated rings. The first kappa shape index (κ1) is 12.9. The van der Waals surface area contributed by atoms with E-state index in [4.69, 9.17) is 4.74 Å². The third-order valence-electron chi connectivity index (χ3n) is 3.25. The van der Waals surface area contributed by atoms with Crippen molar-refractivity contribution in [1.29, 1.82) is 0 Å². The number of hydrogen-bond donors (Lipinski definition) is 0. The number of para-hydroxylation sites is 1. The predicted octanol–water partition coefficient (Wildman–Crippen LogP) is 2.91. The van der Waals surface area contributed by atoms with Crippen LogP contribution in [0.15, 0.2) is 49.6 Å². The fraction of sp³-hybridized carbons (Fsp3) is 0.375. The molecule has 18 heavy (non-hydrogen) atoms. The summed E-state index contributed by atoms with van der Waals surface area (Å²) in [6, 6.07) is 8.32. The van der Waals surface area contributed by atoms with Crippen LogP contribution in [-0.4, -0.2) is 31.1 Å². The third-order valence-corrected chi connectivity index (χ3v) is 3.25. The van der Waals surface area contributed by atoms with Crippen molar-refractivity contribution in [3.05, 3.63) is 55.1 Å². The molecule has 1 aliphatic rings. The van der Waals surface area contributed by atoms with Gasteiger partial charge in [0.2, 0.25) is 0 Å². The highest BCUT2D eigenvalue weighted by molar-refractivity contribution is 5.35. The maximum atomic E-state index is 5.81. The van der Waals surface area contributed by atoms with E-state index < -0.39 is 0 Å². The van der Waals surface area contributed by atoms with E-state index in [9.17, 15) is 0 Å². The summed E-state index contributed by atoms with van der Waals surface area (Å²) in [7, 11) is 0. The van der Waals surface area contributed by atoms with Crippen LogP contribution in [0.25, 0.3) is 0 Å². The Hall–Kier alpha value is -1.54. The van der Waals surface area contributed by atoms with E-state index in [1.165, 1.54) is 5.56 Å². The Morgan fingerprint density at radius 2 is 1.94 bits per heavy atom. The molecule has 0 bridgehead atoms. The van der Waals surface area contributed by atoms with Crippen molar-refractivity contribution in [3.8, 4) is 5.75 Å². The van der Waals surface area contributed by atoms with E-state index in [0.29, 0.717) is 5.92 Å². The van der Waals surface area contributed by atoms with E-state index in [-0.39, 0.29) is 0 Å². The fourth-order valence-corrected chi connectivity index (χ4v) is 2.46. The lowest BCUT2D eigenvalue weighted by Gasteiger charge is -2.29. The fourth-order valence-electron chi connectivity index (χ4n) is 2.46. The molecule has 0 saturated carbocycles. The topological polar surface area (TPSA) is 12.5 Å². The second-order valence-electron chi connectivity index (χ2n) is 4.78. The summed E-state index contributed by atoms with van der Waals surface area (Å²) in [6.07, 6.45) is 4.99. The summed E-state index contributed by atoms with van der Waals surface area (Å²) in [4.78, 5) is 2.35. The molecule has 2 rings (SSSR count). The minimum atomic E-state index is 0.555. The van der Waals surface area contributed by atoms with Gasteiger partial charge in [0.1, 0.15) is 5.75 Å². The van der Waals surface area contributed by atoms with Crippen molar-refractivity contribution >= 4 is 0 Å². The Morgan fingerprint density at radius 3 is 2.67 bits per heavy atom. The first-order valence-corrected chi connectivity index (χ1v) is 6.48. The lowest BCUT2D eigenvalue weighted by molar-refractivity contribution is 0.174. The maximum absolute atomic E-state index is 5.81. The van der Waals surface area contributed by atoms with E-state index in [1.54, 1.807) is 0 Å². The summed E-state index contributed by atoms with van der Waals surface area (Å²) in [5.74, 6) is 1.60. The normalized spacial score (nSPS) is 17.9. The van der Waals surface area contributed by atoms with E-state index in [0.717, 1.165) is 38.4 Å². The molecule has 1 aromatic carbocycles. The van der Waals surface area contributed by atoms with Crippen LogP contribution in [0, 0.1) is 5.92 Å². The number of benzene rings is 1. The largest absolute Gasteiger partial charge is 0.493 e. The first-order valence-electron chi connectivity index (χ1n) is 6.48. The van der Waals surface area contributed by atoms with Gasteiger partial charge < -0.3 is 4.74 Å². The van der Waals surface area contributed by atoms with E-state index >= 15 is 0 Å². The zero-order valence-corrected chi connectivity index (χ0v) is 10.8. The van der Waals surface area contributed by atoms with Crippen LogP contribution in [-0.2, 0) is 6.42 Å². The molecule has 1 aromatic rings. The number of hydrogen-bond acceptors (Lipinski definition) is 2. The summed E-state index contributed by atoms with van der Waals surface area (Å²) < 4.78 is 5.81. The lowest BCUT2D eigenvalue weighted by atomic mass is 9.96. The average Bonchev–Trinajstić information content (AvgIpc) is 2.39. The van der Waals surface area contributed by atoms with Crippen LogP contribution in [0.2, 0.25) is 0 Å². The van der Waals surface area contributed by atoms with Gasteiger partial charge in [-0.25, -0.2) is 0 Å². The minimum Gasteiger partial charge on any atom is -0.493 e. The maximum Gasteiger partial charge on any atom is 0.122 e. The van der Waals surface area contributed by atoms with Crippen molar-refractivity contribution in [1.82, 2.24) is 4.90 Å². The van der Waals surface area contributed by atoms with Crippen LogP contribution in [0.4, 0.5) is 0 Å². The molecule has 0 amide bonds. The molecular formula is C16H21NO. The molecule has 1 aliphatic heterocycles. The molecule has 0 spiro atoms. The highest BCUT2D eigenvalue weighted by atomic mass is 16.5. The van der Waals surface area contributed by atoms with Crippen LogP contribution >= 0.6 is 0 Å². The highest BCUT2D eigenvalue weighted by Crippen LogP contribution is 2.27. The molecule has 0 unspecified atom stereocenters. The molecule has 1 heterocycles. The van der Waals surface area contributed by atoms with Crippen LogP contribution in [0.1, 0.15) is 5.56 Å². The van der Waals surface area contributed by atoms with Gasteiger partial charge in [0.25, 0.3) is 0 Å². The molecule has 96 valence electrons. The van der Waals surface area contributed by atoms with Gasteiger partial charge in [-0.3, -0.25) is 4.90 Å². The molecule has 0 saturated heterocycles. The van der Waals surface area contributed by atoms with Gasteiger partial charge in [0.15, 0.2) is 0 Å². The zero-order chi connectivity index (χ0) is 12.8. The quantitative estimate of drug-likeness (QED) is 0.712. The summed E-state index contributed by atoms with van der Waals surface area (Å²) in [6.45, 7) is 11.3. The molecular weight excluding hydrogens is 222 g/mol. The van der Waals surface area contributed by atoms with Gasteiger partial charge >= 0.3 is 0 Å². The molecule has 0 aromatic heterocycles. The van der Waals surface area contributed by atoms with Gasteiger partial charge in [0, 0.05) is 25.6 Å². The summed E-state index contributed by atoms with van der Waals surface area (Å²) >= 11 is 0. The molecule has 0 radical (unpaired) electrons. The molecule has 0 aliphatic carbocycles. The highest BCUT2D eigenvalue weighted by Gasteiger charge is 2.21. The van der Waals surface area contributed by atoms with Crippen molar-refractivity contribution in [3.63, 3.8) is 0 Å². The Balaban J connectivity index is 1.95. The second-order valence-corrected chi connectivity index (χ2v) is 4.78. The van der Waals surface area contributed by atoms with Crippen molar-refractivity contribution in [2.24, 2.45) is 5.92 Å². The predicted molar refractivity (Wildman–Crippen MR) is 76.0 cm³/mol. The Morgan fingerprint density at radius 1 is 1.22 bits per heavy atom. The first-order chi connectivity index (χ1) is 8.83. The van der Waals surface area contributed by atoms with Gasteiger partial charge in [-0.05, 0) is 18.1 Å². The van der Waals surface area contributed by atoms with Crippen LogP contribution in [0.5, 0.6) is 5.75 Å². The third kappa shape index (κ3) is 3.23. The molecule has 2 nitrogen and oxygen atoms in total. The molecule has 2 heteroatoms. The SMILES string of the molecule is C=CCN(CC=C)C[C@@H]1COc2ccccc2C1. The summed E-state index contributed by atoms with van der Waals surface area (Å²) in [5, 5.41) is 0. The Labute approximate surface area is 110 Å². The van der Waals surface area contributed by atoms with Gasteiger partial charge in [0.05, 0.1) is 6.61 Å². The molecule has 0 N–H and O–H groups in total. The number of ether oxygens (including phenoxy) is 1.